The average molecular weight is 198 g/mol. The molecule has 1 heterocycles. The lowest BCUT2D eigenvalue weighted by Gasteiger charge is -2.33. The van der Waals surface area contributed by atoms with Gasteiger partial charge in [0.1, 0.15) is 0 Å². The van der Waals surface area contributed by atoms with Crippen LogP contribution in [0.25, 0.3) is 0 Å². The Kier molecular flexibility index (Phi) is 3.10. The Bertz CT molecular complexity index is 180. The second-order valence-electron chi connectivity index (χ2n) is 5.07. The van der Waals surface area contributed by atoms with Crippen molar-refractivity contribution < 1.29 is 5.11 Å². The predicted octanol–water partition coefficient (Wildman–Crippen LogP) is 0.569. The second kappa shape index (κ2) is 4.17. The normalized spacial score (nSPS) is 45.6. The Labute approximate surface area is 86.3 Å². The maximum Gasteiger partial charge on any atom is 0.0704 e. The van der Waals surface area contributed by atoms with E-state index in [0.717, 1.165) is 25.9 Å². The summed E-state index contributed by atoms with van der Waals surface area (Å²) in [7, 11) is 0. The smallest absolute Gasteiger partial charge is 0.0704 e. The summed E-state index contributed by atoms with van der Waals surface area (Å²) in [5, 5.41) is 9.68. The first-order valence-electron chi connectivity index (χ1n) is 5.84. The van der Waals surface area contributed by atoms with Crippen molar-refractivity contribution in [3.63, 3.8) is 0 Å². The molecule has 3 nitrogen and oxygen atoms in total. The van der Waals surface area contributed by atoms with Crippen LogP contribution < -0.4 is 5.73 Å². The summed E-state index contributed by atoms with van der Waals surface area (Å²) in [6, 6.07) is 1.12. The van der Waals surface area contributed by atoms with Crippen LogP contribution in [-0.4, -0.2) is 41.3 Å². The van der Waals surface area contributed by atoms with Crippen molar-refractivity contribution in [1.29, 1.82) is 0 Å². The number of aliphatic hydroxyl groups excluding tert-OH is 1. The van der Waals surface area contributed by atoms with Crippen LogP contribution in [0.2, 0.25) is 0 Å². The van der Waals surface area contributed by atoms with Gasteiger partial charge in [-0.2, -0.15) is 0 Å². The first kappa shape index (κ1) is 10.4. The minimum absolute atomic E-state index is 0.106. The predicted molar refractivity (Wildman–Crippen MR) is 57.0 cm³/mol. The van der Waals surface area contributed by atoms with Crippen LogP contribution in [0.4, 0.5) is 0 Å². The summed E-state index contributed by atoms with van der Waals surface area (Å²) in [5.41, 5.74) is 5.88. The number of hydrogen-bond donors (Lipinski definition) is 2. The van der Waals surface area contributed by atoms with Crippen molar-refractivity contribution in [3.05, 3.63) is 0 Å². The van der Waals surface area contributed by atoms with Gasteiger partial charge in [0.25, 0.3) is 0 Å². The molecule has 0 bridgehead atoms. The standard InChI is InChI=1S/C11H22N2O/c1-8-6-13(7-11(8)14)10-4-2-9(12)3-5-10/h8-11,14H,2-7,12H2,1H3. The summed E-state index contributed by atoms with van der Waals surface area (Å²) in [5.74, 6) is 0.450. The van der Waals surface area contributed by atoms with Crippen molar-refractivity contribution >= 4 is 0 Å². The number of aliphatic hydroxyl groups is 1. The Balaban J connectivity index is 1.85. The summed E-state index contributed by atoms with van der Waals surface area (Å²) in [4.78, 5) is 2.46. The topological polar surface area (TPSA) is 49.5 Å². The lowest BCUT2D eigenvalue weighted by Crippen LogP contribution is -2.40. The van der Waals surface area contributed by atoms with Gasteiger partial charge in [0.15, 0.2) is 0 Å². The van der Waals surface area contributed by atoms with Crippen molar-refractivity contribution in [2.24, 2.45) is 11.7 Å². The number of nitrogens with two attached hydrogens (primary N) is 1. The van der Waals surface area contributed by atoms with E-state index in [-0.39, 0.29) is 6.10 Å². The molecule has 0 aromatic heterocycles. The maximum atomic E-state index is 9.68. The molecule has 14 heavy (non-hydrogen) atoms. The zero-order valence-corrected chi connectivity index (χ0v) is 9.02. The highest BCUT2D eigenvalue weighted by Crippen LogP contribution is 2.27. The fraction of sp³-hybridized carbons (Fsp3) is 1.00. The number of β-amino-alcohol motifs (C(OH)–C–C–N with tert-alkyl or cyclic N) is 1. The molecular formula is C11H22N2O. The van der Waals surface area contributed by atoms with Gasteiger partial charge in [-0.1, -0.05) is 6.92 Å². The zero-order chi connectivity index (χ0) is 10.1. The van der Waals surface area contributed by atoms with Gasteiger partial charge < -0.3 is 10.8 Å². The molecule has 3 heteroatoms. The molecule has 2 rings (SSSR count). The fourth-order valence-corrected chi connectivity index (χ4v) is 2.75. The summed E-state index contributed by atoms with van der Waals surface area (Å²) < 4.78 is 0. The first-order chi connectivity index (χ1) is 6.66. The van der Waals surface area contributed by atoms with Gasteiger partial charge in [-0.25, -0.2) is 0 Å². The fourth-order valence-electron chi connectivity index (χ4n) is 2.75. The average Bonchev–Trinajstić information content (AvgIpc) is 2.48. The van der Waals surface area contributed by atoms with Gasteiger partial charge >= 0.3 is 0 Å². The van der Waals surface area contributed by atoms with Gasteiger partial charge in [-0.3, -0.25) is 4.90 Å². The largest absolute Gasteiger partial charge is 0.391 e. The summed E-state index contributed by atoms with van der Waals surface area (Å²) in [6.45, 7) is 4.08. The monoisotopic (exact) mass is 198 g/mol. The van der Waals surface area contributed by atoms with Gasteiger partial charge in [0.05, 0.1) is 6.10 Å². The molecule has 1 aliphatic carbocycles. The highest BCUT2D eigenvalue weighted by molar-refractivity contribution is 4.88. The van der Waals surface area contributed by atoms with Gasteiger partial charge in [-0.05, 0) is 31.6 Å². The third kappa shape index (κ3) is 2.10. The van der Waals surface area contributed by atoms with Gasteiger partial charge in [0.2, 0.25) is 0 Å². The van der Waals surface area contributed by atoms with Crippen molar-refractivity contribution in [2.45, 2.75) is 50.8 Å². The Hall–Kier alpha value is -0.120. The second-order valence-corrected chi connectivity index (χ2v) is 5.07. The third-order valence-corrected chi connectivity index (χ3v) is 3.86. The molecule has 0 aromatic carbocycles. The molecule has 0 aromatic rings. The van der Waals surface area contributed by atoms with Crippen LogP contribution in [0.5, 0.6) is 0 Å². The summed E-state index contributed by atoms with van der Waals surface area (Å²) >= 11 is 0. The molecule has 1 saturated carbocycles. The van der Waals surface area contributed by atoms with Gasteiger partial charge in [-0.15, -0.1) is 0 Å². The molecule has 0 amide bonds. The van der Waals surface area contributed by atoms with E-state index in [1.165, 1.54) is 12.8 Å². The summed E-state index contributed by atoms with van der Waals surface area (Å²) in [6.07, 6.45) is 4.66. The Morgan fingerprint density at radius 3 is 2.29 bits per heavy atom. The minimum atomic E-state index is -0.106. The minimum Gasteiger partial charge on any atom is -0.391 e. The molecule has 2 atom stereocenters. The lowest BCUT2D eigenvalue weighted by molar-refractivity contribution is 0.130. The zero-order valence-electron chi connectivity index (χ0n) is 9.02. The maximum absolute atomic E-state index is 9.68. The number of hydrogen-bond acceptors (Lipinski definition) is 3. The molecule has 2 aliphatic rings. The molecule has 1 saturated heterocycles. The number of rotatable bonds is 1. The molecule has 2 unspecified atom stereocenters. The molecule has 2 fully saturated rings. The van der Waals surface area contributed by atoms with Crippen molar-refractivity contribution in [1.82, 2.24) is 4.90 Å². The first-order valence-corrected chi connectivity index (χ1v) is 5.84. The van der Waals surface area contributed by atoms with Crippen LogP contribution in [0.3, 0.4) is 0 Å². The van der Waals surface area contributed by atoms with E-state index in [9.17, 15) is 5.11 Å². The van der Waals surface area contributed by atoms with E-state index in [0.29, 0.717) is 18.0 Å². The van der Waals surface area contributed by atoms with E-state index in [1.54, 1.807) is 0 Å². The van der Waals surface area contributed by atoms with Crippen LogP contribution in [-0.2, 0) is 0 Å². The van der Waals surface area contributed by atoms with Crippen LogP contribution in [0.15, 0.2) is 0 Å². The van der Waals surface area contributed by atoms with E-state index < -0.39 is 0 Å². The van der Waals surface area contributed by atoms with E-state index in [1.807, 2.05) is 0 Å². The lowest BCUT2D eigenvalue weighted by atomic mass is 9.91. The van der Waals surface area contributed by atoms with E-state index >= 15 is 0 Å². The Morgan fingerprint density at radius 1 is 1.14 bits per heavy atom. The highest BCUT2D eigenvalue weighted by atomic mass is 16.3. The van der Waals surface area contributed by atoms with Crippen LogP contribution >= 0.6 is 0 Å². The molecule has 82 valence electrons. The highest BCUT2D eigenvalue weighted by Gasteiger charge is 2.33. The van der Waals surface area contributed by atoms with Crippen LogP contribution in [0.1, 0.15) is 32.6 Å². The molecule has 0 radical (unpaired) electrons. The third-order valence-electron chi connectivity index (χ3n) is 3.86. The van der Waals surface area contributed by atoms with Crippen molar-refractivity contribution in [3.8, 4) is 0 Å². The van der Waals surface area contributed by atoms with E-state index in [4.69, 9.17) is 5.73 Å². The van der Waals surface area contributed by atoms with Gasteiger partial charge in [0, 0.05) is 25.2 Å². The number of nitrogens with zero attached hydrogens (tertiary/aromatic N) is 1. The van der Waals surface area contributed by atoms with E-state index in [2.05, 4.69) is 11.8 Å². The SMILES string of the molecule is CC1CN(C2CCC(N)CC2)CC1O. The van der Waals surface area contributed by atoms with Crippen molar-refractivity contribution in [2.75, 3.05) is 13.1 Å². The number of likely N-dealkylation sites (tertiary alicyclic amines) is 1. The van der Waals surface area contributed by atoms with Crippen LogP contribution in [0, 0.1) is 5.92 Å². The molecular weight excluding hydrogens is 176 g/mol. The molecule has 1 aliphatic heterocycles. The quantitative estimate of drug-likeness (QED) is 0.647. The molecule has 3 N–H and O–H groups in total. The molecule has 0 spiro atoms. The Morgan fingerprint density at radius 2 is 1.79 bits per heavy atom.